The van der Waals surface area contributed by atoms with Crippen LogP contribution >= 0.6 is 0 Å². The summed E-state index contributed by atoms with van der Waals surface area (Å²) in [6.45, 7) is 4.08. The minimum Gasteiger partial charge on any atom is -0.462 e. The number of hydrogen-bond acceptors (Lipinski definition) is 5. The van der Waals surface area contributed by atoms with Crippen molar-refractivity contribution in [1.82, 2.24) is 0 Å². The number of unbranched alkanes of at least 4 members (excludes halogenated alkanes) is 46. The smallest absolute Gasteiger partial charge is 0.306 e. The lowest BCUT2D eigenvalue weighted by Crippen LogP contribution is -2.28. The number of allylic oxidation sites excluding steroid dienone is 8. The van der Waals surface area contributed by atoms with Crippen molar-refractivity contribution in [2.24, 2.45) is 0 Å². The molecular weight excluding hydrogens is 909 g/mol. The van der Waals surface area contributed by atoms with Crippen molar-refractivity contribution in [3.8, 4) is 0 Å². The molecule has 434 valence electrons. The van der Waals surface area contributed by atoms with E-state index in [9.17, 15) is 14.7 Å². The van der Waals surface area contributed by atoms with Crippen molar-refractivity contribution in [3.05, 3.63) is 48.6 Å². The Morgan fingerprint density at radius 2 is 0.581 bits per heavy atom. The van der Waals surface area contributed by atoms with Crippen LogP contribution in [0.3, 0.4) is 0 Å². The fourth-order valence-electron chi connectivity index (χ4n) is 10.2. The second-order valence-corrected chi connectivity index (χ2v) is 22.5. The van der Waals surface area contributed by atoms with Crippen LogP contribution in [0.25, 0.3) is 0 Å². The number of rotatable bonds is 62. The number of aliphatic hydroxyl groups is 1. The predicted molar refractivity (Wildman–Crippen MR) is 325 cm³/mol. The second-order valence-electron chi connectivity index (χ2n) is 22.5. The molecule has 0 heterocycles. The van der Waals surface area contributed by atoms with Crippen LogP contribution in [-0.2, 0) is 19.1 Å². The molecule has 0 radical (unpaired) electrons. The van der Waals surface area contributed by atoms with E-state index in [2.05, 4.69) is 62.5 Å². The van der Waals surface area contributed by atoms with Crippen molar-refractivity contribution in [2.45, 2.75) is 367 Å². The van der Waals surface area contributed by atoms with E-state index in [1.165, 1.54) is 270 Å². The van der Waals surface area contributed by atoms with E-state index < -0.39 is 6.10 Å². The van der Waals surface area contributed by atoms with Crippen LogP contribution in [0.15, 0.2) is 48.6 Å². The summed E-state index contributed by atoms with van der Waals surface area (Å²) in [6, 6.07) is 0. The number of carbonyl (C=O) groups excluding carboxylic acids is 2. The monoisotopic (exact) mass is 1040 g/mol. The highest BCUT2D eigenvalue weighted by Gasteiger charge is 2.16. The zero-order valence-corrected chi connectivity index (χ0v) is 49.9. The second kappa shape index (κ2) is 65.1. The van der Waals surface area contributed by atoms with E-state index in [0.717, 1.165) is 64.2 Å². The van der Waals surface area contributed by atoms with E-state index in [-0.39, 0.29) is 25.2 Å². The lowest BCUT2D eigenvalue weighted by molar-refractivity contribution is -0.161. The van der Waals surface area contributed by atoms with Gasteiger partial charge in [0.15, 0.2) is 6.10 Å². The molecule has 0 aromatic heterocycles. The summed E-state index contributed by atoms with van der Waals surface area (Å²) in [4.78, 5) is 24.6. The molecule has 5 nitrogen and oxygen atoms in total. The molecule has 0 saturated heterocycles. The van der Waals surface area contributed by atoms with E-state index in [1.54, 1.807) is 0 Å². The Bertz CT molecular complexity index is 1220. The Labute approximate surface area is 462 Å². The van der Waals surface area contributed by atoms with Gasteiger partial charge >= 0.3 is 11.9 Å². The molecule has 0 amide bonds. The summed E-state index contributed by atoms with van der Waals surface area (Å²) < 4.78 is 10.7. The van der Waals surface area contributed by atoms with Gasteiger partial charge in [0.1, 0.15) is 6.61 Å². The van der Waals surface area contributed by atoms with Gasteiger partial charge in [-0.2, -0.15) is 0 Å². The summed E-state index contributed by atoms with van der Waals surface area (Å²) in [5.41, 5.74) is 0. The summed E-state index contributed by atoms with van der Waals surface area (Å²) in [6.07, 6.45) is 87.2. The zero-order valence-electron chi connectivity index (χ0n) is 49.9. The van der Waals surface area contributed by atoms with Crippen LogP contribution in [0.4, 0.5) is 0 Å². The van der Waals surface area contributed by atoms with Gasteiger partial charge in [0.25, 0.3) is 0 Å². The zero-order chi connectivity index (χ0) is 53.4. The van der Waals surface area contributed by atoms with Crippen molar-refractivity contribution >= 4 is 11.9 Å². The Hall–Kier alpha value is -2.14. The van der Waals surface area contributed by atoms with Crippen molar-refractivity contribution in [2.75, 3.05) is 13.2 Å². The first kappa shape index (κ1) is 71.9. The Morgan fingerprint density at radius 3 is 0.878 bits per heavy atom. The molecule has 1 N–H and O–H groups in total. The van der Waals surface area contributed by atoms with E-state index in [0.29, 0.717) is 12.8 Å². The summed E-state index contributed by atoms with van der Waals surface area (Å²) >= 11 is 0. The fourth-order valence-corrected chi connectivity index (χ4v) is 10.2. The molecule has 0 aromatic carbocycles. The fraction of sp³-hybridized carbons (Fsp3) is 0.855. The SMILES string of the molecule is CC/C=C\C/C=C\C/C=C\C/C=C\CCCCCCCCCCCCC(=O)OC(CO)COC(=O)CCCCCCCCCCCCCCCCCCCCCCCCCCCCCCCCCCCCCCC. The third kappa shape index (κ3) is 62.4. The molecule has 0 bridgehead atoms. The van der Waals surface area contributed by atoms with Crippen molar-refractivity contribution < 1.29 is 24.2 Å². The van der Waals surface area contributed by atoms with Gasteiger partial charge in [-0.05, 0) is 51.4 Å². The van der Waals surface area contributed by atoms with Gasteiger partial charge in [0, 0.05) is 12.8 Å². The molecule has 5 heteroatoms. The van der Waals surface area contributed by atoms with Crippen LogP contribution < -0.4 is 0 Å². The summed E-state index contributed by atoms with van der Waals surface area (Å²) in [5.74, 6) is -0.579. The minimum absolute atomic E-state index is 0.0643. The van der Waals surface area contributed by atoms with E-state index in [1.807, 2.05) is 0 Å². The number of ether oxygens (including phenoxy) is 2. The van der Waals surface area contributed by atoms with Crippen LogP contribution in [0.2, 0.25) is 0 Å². The van der Waals surface area contributed by atoms with Gasteiger partial charge in [-0.3, -0.25) is 9.59 Å². The first-order chi connectivity index (χ1) is 36.6. The van der Waals surface area contributed by atoms with Gasteiger partial charge in [-0.15, -0.1) is 0 Å². The average Bonchev–Trinajstić information content (AvgIpc) is 3.40. The van der Waals surface area contributed by atoms with E-state index >= 15 is 0 Å². The van der Waals surface area contributed by atoms with Crippen molar-refractivity contribution in [1.29, 1.82) is 0 Å². The molecular formula is C69H128O5. The molecule has 0 aromatic rings. The Balaban J connectivity index is 3.38. The standard InChI is InChI=1S/C69H128O5/c1-3-5-7-9-11-13-15-17-19-21-23-25-27-28-29-30-31-32-33-34-35-36-37-38-39-40-42-43-45-47-49-51-53-55-57-59-61-63-68(71)73-66-67(65-70)74-69(72)64-62-60-58-56-54-52-50-48-46-44-41-26-24-22-20-18-16-14-12-10-8-6-4-2/h6,8,12,14,18,20,24,26,67,70H,3-5,7,9-11,13,15-17,19,21-23,25,27-66H2,1-2H3/b8-6-,14-12-,20-18-,26-24-. The maximum Gasteiger partial charge on any atom is 0.306 e. The molecule has 0 rings (SSSR count). The van der Waals surface area contributed by atoms with Crippen LogP contribution in [0.1, 0.15) is 361 Å². The number of aliphatic hydroxyl groups excluding tert-OH is 1. The molecule has 1 atom stereocenters. The molecule has 74 heavy (non-hydrogen) atoms. The average molecular weight is 1040 g/mol. The highest BCUT2D eigenvalue weighted by atomic mass is 16.6. The summed E-state index contributed by atoms with van der Waals surface area (Å²) in [7, 11) is 0. The van der Waals surface area contributed by atoms with Crippen LogP contribution in [0, 0.1) is 0 Å². The lowest BCUT2D eigenvalue weighted by atomic mass is 10.0. The molecule has 0 aliphatic carbocycles. The maximum absolute atomic E-state index is 12.3. The maximum atomic E-state index is 12.3. The van der Waals surface area contributed by atoms with Crippen LogP contribution in [-0.4, -0.2) is 36.4 Å². The molecule has 0 fully saturated rings. The Kier molecular flexibility index (Phi) is 63.3. The van der Waals surface area contributed by atoms with Gasteiger partial charge in [-0.25, -0.2) is 0 Å². The van der Waals surface area contributed by atoms with Gasteiger partial charge in [0.05, 0.1) is 6.61 Å². The van der Waals surface area contributed by atoms with Gasteiger partial charge in [-0.1, -0.05) is 345 Å². The molecule has 0 aliphatic heterocycles. The van der Waals surface area contributed by atoms with E-state index in [4.69, 9.17) is 9.47 Å². The molecule has 0 saturated carbocycles. The first-order valence-electron chi connectivity index (χ1n) is 33.2. The number of esters is 2. The third-order valence-corrected chi connectivity index (χ3v) is 15.1. The highest BCUT2D eigenvalue weighted by Crippen LogP contribution is 2.19. The lowest BCUT2D eigenvalue weighted by Gasteiger charge is -2.15. The molecule has 0 aliphatic rings. The predicted octanol–water partition coefficient (Wildman–Crippen LogP) is 22.8. The van der Waals surface area contributed by atoms with Crippen LogP contribution in [0.5, 0.6) is 0 Å². The molecule has 1 unspecified atom stereocenters. The summed E-state index contributed by atoms with van der Waals surface area (Å²) in [5, 5.41) is 9.68. The first-order valence-corrected chi connectivity index (χ1v) is 33.2. The van der Waals surface area contributed by atoms with Crippen molar-refractivity contribution in [3.63, 3.8) is 0 Å². The van der Waals surface area contributed by atoms with Gasteiger partial charge < -0.3 is 14.6 Å². The quantitative estimate of drug-likeness (QED) is 0.0373. The largest absolute Gasteiger partial charge is 0.462 e. The molecule has 0 spiro atoms. The third-order valence-electron chi connectivity index (χ3n) is 15.1. The van der Waals surface area contributed by atoms with Gasteiger partial charge in [0.2, 0.25) is 0 Å². The minimum atomic E-state index is -0.775. The number of hydrogen-bond donors (Lipinski definition) is 1. The Morgan fingerprint density at radius 1 is 0.324 bits per heavy atom. The number of carbonyl (C=O) groups is 2. The normalized spacial score (nSPS) is 12.4. The topological polar surface area (TPSA) is 72.8 Å². The highest BCUT2D eigenvalue weighted by molar-refractivity contribution is 5.70.